The third-order valence-corrected chi connectivity index (χ3v) is 3.54. The minimum Gasteiger partial charge on any atom is -0.492 e. The second-order valence-corrected chi connectivity index (χ2v) is 5.82. The minimum atomic E-state index is -0.736. The van der Waals surface area contributed by atoms with Gasteiger partial charge < -0.3 is 14.7 Å². The lowest BCUT2D eigenvalue weighted by Gasteiger charge is -2.17. The van der Waals surface area contributed by atoms with Gasteiger partial charge in [0.05, 0.1) is 0 Å². The van der Waals surface area contributed by atoms with Crippen molar-refractivity contribution in [2.45, 2.75) is 39.5 Å². The number of nitrogens with zero attached hydrogens (tertiary/aromatic N) is 1. The van der Waals surface area contributed by atoms with E-state index in [4.69, 9.17) is 9.84 Å². The average molecular weight is 293 g/mol. The van der Waals surface area contributed by atoms with Crippen LogP contribution in [-0.2, 0) is 4.79 Å². The van der Waals surface area contributed by atoms with Crippen LogP contribution in [0.1, 0.15) is 43.7 Å². The molecule has 21 heavy (non-hydrogen) atoms. The summed E-state index contributed by atoms with van der Waals surface area (Å²) in [5.74, 6) is 0.690. The lowest BCUT2D eigenvalue weighted by atomic mass is 9.98. The highest BCUT2D eigenvalue weighted by molar-refractivity contribution is 5.66. The zero-order valence-corrected chi connectivity index (χ0v) is 13.6. The van der Waals surface area contributed by atoms with Gasteiger partial charge in [0.1, 0.15) is 12.4 Å². The summed E-state index contributed by atoms with van der Waals surface area (Å²) in [6, 6.07) is 6.23. The van der Waals surface area contributed by atoms with Gasteiger partial charge >= 0.3 is 5.97 Å². The molecule has 1 aromatic carbocycles. The fraction of sp³-hybridized carbons (Fsp3) is 0.588. The summed E-state index contributed by atoms with van der Waals surface area (Å²) in [4.78, 5) is 12.5. The van der Waals surface area contributed by atoms with Crippen LogP contribution in [0.25, 0.3) is 0 Å². The van der Waals surface area contributed by atoms with Crippen LogP contribution >= 0.6 is 0 Å². The Morgan fingerprint density at radius 1 is 1.33 bits per heavy atom. The van der Waals surface area contributed by atoms with Gasteiger partial charge in [-0.2, -0.15) is 0 Å². The van der Waals surface area contributed by atoms with Crippen molar-refractivity contribution in [3.05, 3.63) is 29.3 Å². The van der Waals surface area contributed by atoms with Crippen LogP contribution in [0.5, 0.6) is 5.75 Å². The zero-order valence-electron chi connectivity index (χ0n) is 13.6. The van der Waals surface area contributed by atoms with Crippen molar-refractivity contribution < 1.29 is 14.6 Å². The summed E-state index contributed by atoms with van der Waals surface area (Å²) < 4.78 is 5.76. The predicted octanol–water partition coefficient (Wildman–Crippen LogP) is 3.29. The number of carboxylic acids is 1. The highest BCUT2D eigenvalue weighted by Gasteiger charge is 2.05. The number of rotatable bonds is 9. The van der Waals surface area contributed by atoms with E-state index in [9.17, 15) is 4.79 Å². The Morgan fingerprint density at radius 3 is 2.62 bits per heavy atom. The molecule has 0 aromatic heterocycles. The van der Waals surface area contributed by atoms with Gasteiger partial charge in [-0.15, -0.1) is 0 Å². The lowest BCUT2D eigenvalue weighted by Crippen LogP contribution is -2.25. The van der Waals surface area contributed by atoms with Gasteiger partial charge in [-0.05, 0) is 56.1 Å². The maximum Gasteiger partial charge on any atom is 0.303 e. The van der Waals surface area contributed by atoms with E-state index < -0.39 is 5.97 Å². The van der Waals surface area contributed by atoms with Crippen LogP contribution in [0.2, 0.25) is 0 Å². The van der Waals surface area contributed by atoms with E-state index in [0.29, 0.717) is 18.9 Å². The molecule has 0 fully saturated rings. The molecular formula is C17H27NO3. The average Bonchev–Trinajstić information content (AvgIpc) is 2.37. The Hall–Kier alpha value is -1.55. The van der Waals surface area contributed by atoms with Crippen LogP contribution < -0.4 is 4.74 Å². The molecule has 1 rings (SSSR count). The Labute approximate surface area is 127 Å². The first-order valence-electron chi connectivity index (χ1n) is 7.54. The molecule has 0 saturated heterocycles. The fourth-order valence-corrected chi connectivity index (χ4v) is 2.32. The summed E-state index contributed by atoms with van der Waals surface area (Å²) >= 11 is 0. The van der Waals surface area contributed by atoms with Gasteiger partial charge in [0.2, 0.25) is 0 Å². The molecule has 0 radical (unpaired) electrons. The van der Waals surface area contributed by atoms with Crippen LogP contribution in [0.3, 0.4) is 0 Å². The third kappa shape index (κ3) is 6.63. The highest BCUT2D eigenvalue weighted by atomic mass is 16.5. The Balaban J connectivity index is 2.32. The van der Waals surface area contributed by atoms with Crippen LogP contribution in [0, 0.1) is 6.92 Å². The molecule has 0 heterocycles. The number of carboxylic acid groups (broad SMARTS) is 1. The first-order valence-corrected chi connectivity index (χ1v) is 7.54. The van der Waals surface area contributed by atoms with Crippen LogP contribution in [0.4, 0.5) is 0 Å². The van der Waals surface area contributed by atoms with Crippen molar-refractivity contribution in [2.24, 2.45) is 0 Å². The first-order chi connectivity index (χ1) is 9.90. The van der Waals surface area contributed by atoms with Gasteiger partial charge in [0.15, 0.2) is 0 Å². The molecule has 1 aromatic rings. The standard InChI is InChI=1S/C17H27NO3/c1-13(2)16-8-7-15(12-14(16)3)21-11-10-18(4)9-5-6-17(19)20/h7-8,12-13H,5-6,9-11H2,1-4H3,(H,19,20). The normalized spacial score (nSPS) is 11.1. The number of aliphatic carboxylic acids is 1. The molecule has 0 atom stereocenters. The van der Waals surface area contributed by atoms with Crippen molar-refractivity contribution >= 4 is 5.97 Å². The van der Waals surface area contributed by atoms with Gasteiger partial charge in [-0.3, -0.25) is 4.79 Å². The Kier molecular flexibility index (Phi) is 7.23. The molecule has 0 aliphatic heterocycles. The zero-order chi connectivity index (χ0) is 15.8. The first kappa shape index (κ1) is 17.5. The second-order valence-electron chi connectivity index (χ2n) is 5.82. The monoisotopic (exact) mass is 293 g/mol. The summed E-state index contributed by atoms with van der Waals surface area (Å²) in [5.41, 5.74) is 2.62. The van der Waals surface area contributed by atoms with E-state index in [1.54, 1.807) is 0 Å². The van der Waals surface area contributed by atoms with Crippen molar-refractivity contribution in [1.82, 2.24) is 4.90 Å². The SMILES string of the molecule is Cc1cc(OCCN(C)CCCC(=O)O)ccc1C(C)C. The highest BCUT2D eigenvalue weighted by Crippen LogP contribution is 2.23. The molecule has 4 heteroatoms. The van der Waals surface area contributed by atoms with E-state index in [1.807, 2.05) is 13.1 Å². The largest absolute Gasteiger partial charge is 0.492 e. The minimum absolute atomic E-state index is 0.223. The maximum atomic E-state index is 10.4. The van der Waals surface area contributed by atoms with Crippen LogP contribution in [-0.4, -0.2) is 42.7 Å². The van der Waals surface area contributed by atoms with E-state index in [1.165, 1.54) is 11.1 Å². The molecule has 118 valence electrons. The smallest absolute Gasteiger partial charge is 0.303 e. The molecule has 1 N–H and O–H groups in total. The molecule has 4 nitrogen and oxygen atoms in total. The van der Waals surface area contributed by atoms with Gasteiger partial charge in [0, 0.05) is 13.0 Å². The van der Waals surface area contributed by atoms with Crippen molar-refractivity contribution in [2.75, 3.05) is 26.7 Å². The Morgan fingerprint density at radius 2 is 2.05 bits per heavy atom. The molecule has 0 aliphatic rings. The number of carbonyl (C=O) groups is 1. The summed E-state index contributed by atoms with van der Waals surface area (Å²) in [7, 11) is 1.98. The lowest BCUT2D eigenvalue weighted by molar-refractivity contribution is -0.137. The van der Waals surface area contributed by atoms with E-state index in [-0.39, 0.29) is 6.42 Å². The number of likely N-dealkylation sites (N-methyl/N-ethyl adjacent to an activating group) is 1. The quantitative estimate of drug-likeness (QED) is 0.759. The fourth-order valence-electron chi connectivity index (χ4n) is 2.32. The summed E-state index contributed by atoms with van der Waals surface area (Å²) in [6.45, 7) is 8.68. The second kappa shape index (κ2) is 8.67. The molecule has 0 amide bonds. The number of ether oxygens (including phenoxy) is 1. The van der Waals surface area contributed by atoms with Crippen molar-refractivity contribution in [3.8, 4) is 5.75 Å². The van der Waals surface area contributed by atoms with Crippen molar-refractivity contribution in [3.63, 3.8) is 0 Å². The predicted molar refractivity (Wildman–Crippen MR) is 85.1 cm³/mol. The molecule has 0 unspecified atom stereocenters. The summed E-state index contributed by atoms with van der Waals surface area (Å²) in [5, 5.41) is 8.60. The van der Waals surface area contributed by atoms with Gasteiger partial charge in [-0.1, -0.05) is 19.9 Å². The number of aryl methyl sites for hydroxylation is 1. The molecule has 0 saturated carbocycles. The van der Waals surface area contributed by atoms with Crippen molar-refractivity contribution in [1.29, 1.82) is 0 Å². The van der Waals surface area contributed by atoms with Crippen LogP contribution in [0.15, 0.2) is 18.2 Å². The van der Waals surface area contributed by atoms with E-state index in [0.717, 1.165) is 18.8 Å². The molecule has 0 bridgehead atoms. The Bertz CT molecular complexity index is 457. The van der Waals surface area contributed by atoms with E-state index >= 15 is 0 Å². The number of hydrogen-bond donors (Lipinski definition) is 1. The number of benzene rings is 1. The molecule has 0 spiro atoms. The summed E-state index contributed by atoms with van der Waals surface area (Å²) in [6.07, 6.45) is 0.898. The maximum absolute atomic E-state index is 10.4. The van der Waals surface area contributed by atoms with E-state index in [2.05, 4.69) is 37.8 Å². The van der Waals surface area contributed by atoms with Gasteiger partial charge in [-0.25, -0.2) is 0 Å². The topological polar surface area (TPSA) is 49.8 Å². The third-order valence-electron chi connectivity index (χ3n) is 3.54. The molecule has 0 aliphatic carbocycles. The van der Waals surface area contributed by atoms with Gasteiger partial charge in [0.25, 0.3) is 0 Å². The number of hydrogen-bond acceptors (Lipinski definition) is 3. The molecular weight excluding hydrogens is 266 g/mol.